The lowest BCUT2D eigenvalue weighted by molar-refractivity contribution is 0.0746. The molecular weight excluding hydrogens is 550 g/mol. The van der Waals surface area contributed by atoms with Gasteiger partial charge in [-0.1, -0.05) is 42.7 Å². The van der Waals surface area contributed by atoms with Gasteiger partial charge in [0.15, 0.2) is 0 Å². The maximum Gasteiger partial charge on any atom is 0.262 e. The summed E-state index contributed by atoms with van der Waals surface area (Å²) in [5, 5.41) is 9.55. The van der Waals surface area contributed by atoms with Crippen molar-refractivity contribution >= 4 is 28.5 Å². The molecule has 0 aliphatic carbocycles. The molecule has 10 heteroatoms. The lowest BCUT2D eigenvalue weighted by Gasteiger charge is -2.36. The molecule has 0 spiro atoms. The van der Waals surface area contributed by atoms with Crippen LogP contribution >= 0.6 is 0 Å². The van der Waals surface area contributed by atoms with Gasteiger partial charge in [0, 0.05) is 67.1 Å². The fraction of sp³-hybridized carbons (Fsp3) is 0.188. The Balaban J connectivity index is 1.31. The summed E-state index contributed by atoms with van der Waals surface area (Å²) < 4.78 is 15.0. The maximum absolute atomic E-state index is 13.2. The van der Waals surface area contributed by atoms with Gasteiger partial charge in [-0.05, 0) is 48.9 Å². The van der Waals surface area contributed by atoms with Gasteiger partial charge in [0.05, 0.1) is 17.5 Å². The van der Waals surface area contributed by atoms with Crippen LogP contribution in [-0.4, -0.2) is 67.9 Å². The van der Waals surface area contributed by atoms with Gasteiger partial charge in [0.2, 0.25) is 0 Å². The minimum absolute atomic E-state index is 0.0318. The van der Waals surface area contributed by atoms with E-state index >= 15 is 0 Å². The first-order chi connectivity index (χ1) is 20.4. The molecule has 2 aromatic heterocycles. The Kier molecular flexibility index (Phi) is 10.4. The molecule has 1 aliphatic heterocycles. The number of rotatable bonds is 8. The van der Waals surface area contributed by atoms with Crippen LogP contribution in [0.5, 0.6) is 5.75 Å². The highest BCUT2D eigenvalue weighted by Gasteiger charge is 2.23. The van der Waals surface area contributed by atoms with Crippen molar-refractivity contribution in [3.63, 3.8) is 0 Å². The molecule has 1 aromatic carbocycles. The Hall–Kier alpha value is -5.01. The Morgan fingerprint density at radius 2 is 1.67 bits per heavy atom. The van der Waals surface area contributed by atoms with E-state index in [4.69, 9.17) is 0 Å². The van der Waals surface area contributed by atoms with Crippen LogP contribution in [0.1, 0.15) is 38.8 Å². The smallest absolute Gasteiger partial charge is 0.262 e. The van der Waals surface area contributed by atoms with Crippen molar-refractivity contribution in [3.8, 4) is 17.6 Å². The predicted molar refractivity (Wildman–Crippen MR) is 164 cm³/mol. The van der Waals surface area contributed by atoms with E-state index in [1.807, 2.05) is 31.2 Å². The second-order valence-electron chi connectivity index (χ2n) is 9.37. The van der Waals surface area contributed by atoms with Crippen LogP contribution in [-0.2, 0) is 11.0 Å². The predicted octanol–water partition coefficient (Wildman–Crippen LogP) is 3.63. The lowest BCUT2D eigenvalue weighted by atomic mass is 10.1. The van der Waals surface area contributed by atoms with Crippen molar-refractivity contribution in [2.24, 2.45) is 0 Å². The van der Waals surface area contributed by atoms with Gasteiger partial charge < -0.3 is 14.9 Å². The van der Waals surface area contributed by atoms with Crippen molar-refractivity contribution in [1.82, 2.24) is 19.6 Å². The van der Waals surface area contributed by atoms with Crippen LogP contribution in [0.15, 0.2) is 97.6 Å². The fourth-order valence-electron chi connectivity index (χ4n) is 4.31. The molecule has 0 bridgehead atoms. The number of benzene rings is 1. The SMILES string of the molecule is C=C/C=C(\C=C/C)CS(=O)NC(=O)c1ccc(N2CCN(C(=O)c3cncc(C#Cc4cncc(O)c4)c3)CC2)cc1. The summed E-state index contributed by atoms with van der Waals surface area (Å²) in [7, 11) is -1.57. The van der Waals surface area contributed by atoms with Crippen molar-refractivity contribution in [2.75, 3.05) is 36.8 Å². The first-order valence-electron chi connectivity index (χ1n) is 13.3. The van der Waals surface area contributed by atoms with Gasteiger partial charge in [0.25, 0.3) is 11.8 Å². The van der Waals surface area contributed by atoms with E-state index in [9.17, 15) is 18.9 Å². The number of anilines is 1. The highest BCUT2D eigenvalue weighted by molar-refractivity contribution is 7.83. The zero-order chi connectivity index (χ0) is 29.9. The average molecular weight is 582 g/mol. The molecule has 1 aliphatic rings. The standard InChI is InChI=1S/C32H31N5O4S/c1-3-5-24(6-4-2)23-42(41)35-31(39)27-9-11-29(12-10-27)36-13-15-37(16-14-36)32(40)28-17-25(19-33-21-28)7-8-26-18-30(38)22-34-20-26/h3-6,9-12,17-22,38H,1,13-16,23H2,2H3,(H,35,39)/b6-4-,24-5+. The molecule has 0 radical (unpaired) electrons. The molecule has 1 saturated heterocycles. The first kappa shape index (κ1) is 30.0. The van der Waals surface area contributed by atoms with E-state index in [-0.39, 0.29) is 17.4 Å². The van der Waals surface area contributed by atoms with Crippen LogP contribution in [0.2, 0.25) is 0 Å². The zero-order valence-corrected chi connectivity index (χ0v) is 24.0. The molecular formula is C32H31N5O4S. The average Bonchev–Trinajstić information content (AvgIpc) is 3.00. The summed E-state index contributed by atoms with van der Waals surface area (Å²) in [4.78, 5) is 37.8. The minimum atomic E-state index is -1.57. The van der Waals surface area contributed by atoms with E-state index in [1.54, 1.807) is 47.6 Å². The van der Waals surface area contributed by atoms with Gasteiger partial charge in [-0.3, -0.25) is 24.3 Å². The fourth-order valence-corrected chi connectivity index (χ4v) is 5.20. The summed E-state index contributed by atoms with van der Waals surface area (Å²) in [5.41, 5.74) is 3.75. The molecule has 1 unspecified atom stereocenters. The second-order valence-corrected chi connectivity index (χ2v) is 10.6. The molecule has 3 heterocycles. The number of pyridine rings is 2. The number of aromatic nitrogens is 2. The summed E-state index contributed by atoms with van der Waals surface area (Å²) >= 11 is 0. The van der Waals surface area contributed by atoms with E-state index in [1.165, 1.54) is 18.5 Å². The largest absolute Gasteiger partial charge is 0.506 e. The summed E-state index contributed by atoms with van der Waals surface area (Å²) in [6, 6.07) is 10.3. The lowest BCUT2D eigenvalue weighted by Crippen LogP contribution is -2.48. The summed E-state index contributed by atoms with van der Waals surface area (Å²) in [5.74, 6) is 5.57. The topological polar surface area (TPSA) is 116 Å². The van der Waals surface area contributed by atoms with E-state index < -0.39 is 16.9 Å². The van der Waals surface area contributed by atoms with Crippen LogP contribution in [0.25, 0.3) is 0 Å². The minimum Gasteiger partial charge on any atom is -0.506 e. The number of piperazine rings is 1. The maximum atomic E-state index is 13.2. The number of allylic oxidation sites excluding steroid dienone is 4. The normalized spacial score (nSPS) is 14.2. The van der Waals surface area contributed by atoms with Gasteiger partial charge >= 0.3 is 0 Å². The molecule has 1 fully saturated rings. The highest BCUT2D eigenvalue weighted by Crippen LogP contribution is 2.19. The Bertz CT molecular complexity index is 1600. The number of hydrogen-bond donors (Lipinski definition) is 2. The first-order valence-corrected chi connectivity index (χ1v) is 14.6. The molecule has 3 aromatic rings. The molecule has 9 nitrogen and oxygen atoms in total. The van der Waals surface area contributed by atoms with Gasteiger partial charge in [0.1, 0.15) is 16.7 Å². The Labute approximate surface area is 247 Å². The second kappa shape index (κ2) is 14.6. The number of nitrogens with one attached hydrogen (secondary N) is 1. The molecule has 2 N–H and O–H groups in total. The number of aromatic hydroxyl groups is 1. The van der Waals surface area contributed by atoms with E-state index in [2.05, 4.69) is 38.0 Å². The van der Waals surface area contributed by atoms with Gasteiger partial charge in [-0.25, -0.2) is 4.21 Å². The molecule has 4 rings (SSSR count). The molecule has 42 heavy (non-hydrogen) atoms. The number of carbonyl (C=O) groups is 2. The molecule has 2 amide bonds. The van der Waals surface area contributed by atoms with Crippen LogP contribution in [0.4, 0.5) is 5.69 Å². The van der Waals surface area contributed by atoms with Crippen molar-refractivity contribution in [2.45, 2.75) is 6.92 Å². The van der Waals surface area contributed by atoms with Gasteiger partial charge in [-0.2, -0.15) is 0 Å². The Morgan fingerprint density at radius 3 is 2.31 bits per heavy atom. The van der Waals surface area contributed by atoms with E-state index in [0.717, 1.165) is 11.3 Å². The monoisotopic (exact) mass is 581 g/mol. The molecule has 214 valence electrons. The van der Waals surface area contributed by atoms with Crippen molar-refractivity contribution in [1.29, 1.82) is 0 Å². The molecule has 0 saturated carbocycles. The van der Waals surface area contributed by atoms with Crippen LogP contribution in [0.3, 0.4) is 0 Å². The number of hydrogen-bond acceptors (Lipinski definition) is 7. The quantitative estimate of drug-likeness (QED) is 0.308. The van der Waals surface area contributed by atoms with Gasteiger partial charge in [-0.15, -0.1) is 0 Å². The third-order valence-electron chi connectivity index (χ3n) is 6.34. The van der Waals surface area contributed by atoms with E-state index in [0.29, 0.717) is 48.4 Å². The molecule has 1 atom stereocenters. The number of amides is 2. The Morgan fingerprint density at radius 1 is 1.00 bits per heavy atom. The van der Waals surface area contributed by atoms with Crippen LogP contribution < -0.4 is 9.62 Å². The third-order valence-corrected chi connectivity index (χ3v) is 7.35. The van der Waals surface area contributed by atoms with Crippen LogP contribution in [0, 0.1) is 11.8 Å². The number of carbonyl (C=O) groups excluding carboxylic acids is 2. The third kappa shape index (κ3) is 8.25. The van der Waals surface area contributed by atoms with Crippen molar-refractivity contribution < 1.29 is 18.9 Å². The number of nitrogens with zero attached hydrogens (tertiary/aromatic N) is 4. The highest BCUT2D eigenvalue weighted by atomic mass is 32.2. The zero-order valence-electron chi connectivity index (χ0n) is 23.2. The summed E-state index contributed by atoms with van der Waals surface area (Å²) in [6.07, 6.45) is 13.0. The van der Waals surface area contributed by atoms with Crippen molar-refractivity contribution in [3.05, 3.63) is 120 Å². The summed E-state index contributed by atoms with van der Waals surface area (Å²) in [6.45, 7) is 7.83.